The van der Waals surface area contributed by atoms with Crippen LogP contribution in [0.25, 0.3) is 25.2 Å². The predicted octanol–water partition coefficient (Wildman–Crippen LogP) is 12.5. The average molecular weight is 1400 g/mol. The molecule has 13 rings (SSSR count). The summed E-state index contributed by atoms with van der Waals surface area (Å²) in [6, 6.07) is 55.3. The van der Waals surface area contributed by atoms with E-state index in [-0.39, 0.29) is 57.4 Å². The van der Waals surface area contributed by atoms with Crippen molar-refractivity contribution in [3.05, 3.63) is 271 Å². The van der Waals surface area contributed by atoms with Gasteiger partial charge in [0.2, 0.25) is 10.8 Å². The van der Waals surface area contributed by atoms with Gasteiger partial charge in [0, 0.05) is 37.4 Å². The Hall–Kier alpha value is -12.7. The van der Waals surface area contributed by atoms with Gasteiger partial charge in [-0.25, -0.2) is 19.6 Å². The van der Waals surface area contributed by atoms with Crippen LogP contribution in [0.1, 0.15) is 68.8 Å². The van der Waals surface area contributed by atoms with Crippen molar-refractivity contribution in [2.75, 3.05) is 0 Å². The fourth-order valence-corrected chi connectivity index (χ4v) is 16.1. The number of fused-ring (bicyclic) bond motifs is 7. The first-order chi connectivity index (χ1) is 49.0. The molecule has 2 aliphatic heterocycles. The normalized spacial score (nSPS) is 15.7. The van der Waals surface area contributed by atoms with Crippen LogP contribution in [-0.4, -0.2) is 80.9 Å². The zero-order valence-corrected chi connectivity index (χ0v) is 55.6. The minimum atomic E-state index is -3.14. The fourth-order valence-electron chi connectivity index (χ4n) is 11.9. The number of benzene rings is 6. The molecule has 498 valence electrons. The van der Waals surface area contributed by atoms with Crippen molar-refractivity contribution < 1.29 is 76.4 Å². The molecule has 2 aliphatic carbocycles. The molecule has 0 fully saturated rings. The number of esters is 4. The summed E-state index contributed by atoms with van der Waals surface area (Å²) >= 11 is 2.76. The number of nitrogens with zero attached hydrogens (tertiary/aromatic N) is 6. The zero-order valence-electron chi connectivity index (χ0n) is 53.2. The first-order valence-corrected chi connectivity index (χ1v) is 33.3. The Morgan fingerprint density at radius 2 is 0.752 bits per heavy atom. The van der Waals surface area contributed by atoms with Gasteiger partial charge >= 0.3 is 36.1 Å². The number of hydrogen-bond acceptors (Lipinski definition) is 23. The molecular weight excluding hydrogens is 1350 g/mol. The van der Waals surface area contributed by atoms with Gasteiger partial charge in [-0.15, -0.1) is 34.0 Å². The summed E-state index contributed by atoms with van der Waals surface area (Å²) in [5.41, 5.74) is -8.05. The first-order valence-electron chi connectivity index (χ1n) is 30.9. The number of ether oxygens (including phenoxy) is 6. The van der Waals surface area contributed by atoms with Gasteiger partial charge in [-0.1, -0.05) is 182 Å². The Morgan fingerprint density at radius 1 is 0.416 bits per heavy atom. The third kappa shape index (κ3) is 12.1. The van der Waals surface area contributed by atoms with E-state index >= 15 is 24.0 Å². The molecule has 0 spiro atoms. The van der Waals surface area contributed by atoms with Crippen molar-refractivity contribution in [1.82, 2.24) is 9.80 Å². The number of hydrogen-bond donors (Lipinski definition) is 0. The van der Waals surface area contributed by atoms with Crippen molar-refractivity contribution in [3.8, 4) is 21.9 Å². The highest BCUT2D eigenvalue weighted by molar-refractivity contribution is 7.33. The van der Waals surface area contributed by atoms with Crippen molar-refractivity contribution in [2.45, 2.75) is 64.3 Å². The standard InChI is InChI=1S/C76H50N6O16S3/c1-43-51(35-77)65(83)81(73(91)97-41-49-29-17-7-18-30-49)67(85)60(43)79-55-33-53-57(75(55,69(87)93-37-45-21-9-3-10-22-45)70(88)94-38-46-23-11-4-12-24-46)58-63(99-53)64-59(76(58,71(89)95-39-47-25-13-5-14-26-47)72(90)96-40-48-27-15-6-16-28-48)62-54(100-64)34-56(101-62)80-61-44(2)52(36-78)66(84)82(68(61)86)74(92)98-42-50-31-19-8-20-32-50/h3-34H,37-42H2,1-2H3. The highest BCUT2D eigenvalue weighted by Crippen LogP contribution is 2.66. The van der Waals surface area contributed by atoms with E-state index in [1.165, 1.54) is 26.0 Å². The molecule has 0 unspecified atom stereocenters. The Balaban J connectivity index is 1.04. The Labute approximate surface area is 586 Å². The second-order valence-electron chi connectivity index (χ2n) is 23.0. The minimum absolute atomic E-state index is 0.0115. The Kier molecular flexibility index (Phi) is 18.6. The molecule has 0 bridgehead atoms. The predicted molar refractivity (Wildman–Crippen MR) is 367 cm³/mol. The molecule has 0 N–H and O–H groups in total. The van der Waals surface area contributed by atoms with Crippen LogP contribution >= 0.6 is 34.0 Å². The summed E-state index contributed by atoms with van der Waals surface area (Å²) in [7, 11) is 0. The van der Waals surface area contributed by atoms with Crippen molar-refractivity contribution in [3.63, 3.8) is 0 Å². The number of nitriles is 2. The number of amides is 6. The van der Waals surface area contributed by atoms with Gasteiger partial charge in [0.05, 0.1) is 20.2 Å². The molecule has 6 amide bonds. The summed E-state index contributed by atoms with van der Waals surface area (Å²) in [6.07, 6.45) is -1.64. The highest BCUT2D eigenvalue weighted by Gasteiger charge is 2.69. The quantitative estimate of drug-likeness (QED) is 0.0333. The summed E-state index contributed by atoms with van der Waals surface area (Å²) in [4.78, 5) is 161. The van der Waals surface area contributed by atoms with E-state index in [1.807, 2.05) is 0 Å². The summed E-state index contributed by atoms with van der Waals surface area (Å²) in [5, 5.41) is 21.0. The SMILES string of the molecule is CC1=C(C#N)C(=O)N(C(=O)OCc2ccccc2)C(=O)C1=NC1=Cc2sc3c(c2C1(C(=O)OCc1ccccc1)C(=O)OCc1ccccc1)C(C(=O)OCc1ccccc1)(C(=O)OCc1ccccc1)c1c-3sc2cc(N=C3C(=O)N(C(=O)OCc4ccccc4)C(=O)C(C#N)=C3C)sc12. The molecule has 3 aromatic heterocycles. The molecule has 101 heavy (non-hydrogen) atoms. The van der Waals surface area contributed by atoms with Gasteiger partial charge in [-0.05, 0) is 59.4 Å². The van der Waals surface area contributed by atoms with Gasteiger partial charge in [0.1, 0.15) is 79.4 Å². The van der Waals surface area contributed by atoms with Crippen molar-refractivity contribution >= 4 is 126 Å². The van der Waals surface area contributed by atoms with E-state index in [0.717, 1.165) is 34.0 Å². The molecule has 0 saturated heterocycles. The highest BCUT2D eigenvalue weighted by atomic mass is 32.1. The minimum Gasteiger partial charge on any atom is -0.459 e. The number of thiophene rings is 3. The lowest BCUT2D eigenvalue weighted by atomic mass is 9.70. The summed E-state index contributed by atoms with van der Waals surface area (Å²) in [5.74, 6) is -10.7. The fraction of sp³-hybridized carbons (Fsp3) is 0.132. The molecule has 0 radical (unpaired) electrons. The number of carbonyl (C=O) groups is 10. The monoisotopic (exact) mass is 1400 g/mol. The molecule has 4 aliphatic rings. The maximum absolute atomic E-state index is 16.6. The summed E-state index contributed by atoms with van der Waals surface area (Å²) < 4.78 is 36.6. The third-order valence-corrected chi connectivity index (χ3v) is 20.5. The second kappa shape index (κ2) is 28.0. The van der Waals surface area contributed by atoms with E-state index < -0.39 is 143 Å². The van der Waals surface area contributed by atoms with Gasteiger partial charge < -0.3 is 28.4 Å². The first kappa shape index (κ1) is 66.9. The lowest BCUT2D eigenvalue weighted by Gasteiger charge is -2.33. The Bertz CT molecular complexity index is 5110. The van der Waals surface area contributed by atoms with E-state index in [4.69, 9.17) is 33.4 Å². The average Bonchev–Trinajstić information content (AvgIpc) is 1.49. The van der Waals surface area contributed by atoms with Crippen LogP contribution in [0.4, 0.5) is 14.6 Å². The van der Waals surface area contributed by atoms with E-state index in [0.29, 0.717) is 38.1 Å². The molecular formula is C76H50N6O16S3. The van der Waals surface area contributed by atoms with Crippen molar-refractivity contribution in [1.29, 1.82) is 10.5 Å². The molecule has 22 nitrogen and oxygen atoms in total. The topological polar surface area (TPSA) is 305 Å². The maximum atomic E-state index is 16.6. The maximum Gasteiger partial charge on any atom is 0.424 e. The van der Waals surface area contributed by atoms with Crippen LogP contribution in [-0.2, 0) is 117 Å². The van der Waals surface area contributed by atoms with Crippen LogP contribution in [0.2, 0.25) is 0 Å². The number of imide groups is 6. The largest absolute Gasteiger partial charge is 0.459 e. The van der Waals surface area contributed by atoms with Gasteiger partial charge in [0.15, 0.2) is 0 Å². The lowest BCUT2D eigenvalue weighted by Crippen LogP contribution is -2.52. The third-order valence-electron chi connectivity index (χ3n) is 16.9. The Morgan fingerprint density at radius 3 is 1.12 bits per heavy atom. The van der Waals surface area contributed by atoms with Gasteiger partial charge in [0.25, 0.3) is 23.6 Å². The number of rotatable bonds is 18. The lowest BCUT2D eigenvalue weighted by molar-refractivity contribution is -0.167. The number of aliphatic imine (C=N–C) groups is 2. The zero-order chi connectivity index (χ0) is 70.7. The van der Waals surface area contributed by atoms with Crippen LogP contribution in [0.15, 0.2) is 226 Å². The molecule has 9 aromatic rings. The molecule has 5 heterocycles. The molecule has 6 aromatic carbocycles. The van der Waals surface area contributed by atoms with E-state index in [2.05, 4.69) is 4.99 Å². The second-order valence-corrected chi connectivity index (χ2v) is 26.2. The van der Waals surface area contributed by atoms with Crippen LogP contribution in [0.3, 0.4) is 0 Å². The number of carbonyl (C=O) groups excluding carboxylic acids is 10. The summed E-state index contributed by atoms with van der Waals surface area (Å²) in [6.45, 7) is -0.277. The molecule has 0 saturated carbocycles. The van der Waals surface area contributed by atoms with E-state index in [1.54, 1.807) is 194 Å². The van der Waals surface area contributed by atoms with E-state index in [9.17, 15) is 34.5 Å². The molecule has 0 atom stereocenters. The smallest absolute Gasteiger partial charge is 0.424 e. The van der Waals surface area contributed by atoms with Crippen LogP contribution in [0, 0.1) is 22.7 Å². The van der Waals surface area contributed by atoms with Crippen LogP contribution < -0.4 is 0 Å². The molecule has 25 heteroatoms. The van der Waals surface area contributed by atoms with Gasteiger partial charge in [-0.2, -0.15) is 20.3 Å². The van der Waals surface area contributed by atoms with Crippen LogP contribution in [0.5, 0.6) is 0 Å². The van der Waals surface area contributed by atoms with Crippen molar-refractivity contribution in [2.24, 2.45) is 9.98 Å². The van der Waals surface area contributed by atoms with Gasteiger partial charge in [-0.3, -0.25) is 38.4 Å².